The first kappa shape index (κ1) is 11.1. The molecule has 74 valence electrons. The maximum Gasteiger partial charge on any atom is 0.307 e. The lowest BCUT2D eigenvalue weighted by atomic mass is 10.1. The third-order valence-corrected chi connectivity index (χ3v) is 1.90. The minimum Gasteiger partial charge on any atom is -0.481 e. The highest BCUT2D eigenvalue weighted by atomic mass is 35.5. The van der Waals surface area contributed by atoms with E-state index in [0.717, 1.165) is 0 Å². The van der Waals surface area contributed by atoms with Crippen LogP contribution in [0.2, 0.25) is 5.02 Å². The Morgan fingerprint density at radius 2 is 2.27 bits per heavy atom. The Morgan fingerprint density at radius 1 is 1.53 bits per heavy atom. The molecule has 1 rings (SSSR count). The third kappa shape index (κ3) is 3.34. The number of aliphatic carboxylic acids is 1. The second-order valence-electron chi connectivity index (χ2n) is 2.73. The summed E-state index contributed by atoms with van der Waals surface area (Å²) < 4.78 is 0. The van der Waals surface area contributed by atoms with Crippen LogP contribution >= 0.6 is 11.6 Å². The number of halogens is 1. The number of carbonyl (C=O) groups is 1. The Morgan fingerprint density at radius 3 is 2.87 bits per heavy atom. The molecule has 1 aromatic carbocycles. The van der Waals surface area contributed by atoms with E-state index in [-0.39, 0.29) is 6.42 Å². The van der Waals surface area contributed by atoms with E-state index < -0.39 is 5.97 Å². The van der Waals surface area contributed by atoms with Crippen LogP contribution < -0.4 is 0 Å². The van der Waals surface area contributed by atoms with Crippen molar-refractivity contribution in [1.29, 1.82) is 5.26 Å². The van der Waals surface area contributed by atoms with Crippen LogP contribution in [0.5, 0.6) is 0 Å². The SMILES string of the molecule is N#CC#Cc1cc(Cl)ccc1CC(=O)O. The molecule has 0 amide bonds. The maximum atomic E-state index is 10.5. The second-order valence-corrected chi connectivity index (χ2v) is 3.17. The highest BCUT2D eigenvalue weighted by molar-refractivity contribution is 6.30. The summed E-state index contributed by atoms with van der Waals surface area (Å²) in [5, 5.41) is 17.4. The van der Waals surface area contributed by atoms with Crippen molar-refractivity contribution in [2.45, 2.75) is 6.42 Å². The van der Waals surface area contributed by atoms with Crippen LogP contribution in [0.3, 0.4) is 0 Å². The zero-order chi connectivity index (χ0) is 11.3. The van der Waals surface area contributed by atoms with Crippen molar-refractivity contribution < 1.29 is 9.90 Å². The summed E-state index contributed by atoms with van der Waals surface area (Å²) in [5.41, 5.74) is 1.03. The largest absolute Gasteiger partial charge is 0.481 e. The Balaban J connectivity index is 3.15. The van der Waals surface area contributed by atoms with Crippen molar-refractivity contribution in [3.63, 3.8) is 0 Å². The smallest absolute Gasteiger partial charge is 0.307 e. The lowest BCUT2D eigenvalue weighted by Gasteiger charge is -2.01. The number of hydrogen-bond donors (Lipinski definition) is 1. The zero-order valence-electron chi connectivity index (χ0n) is 7.62. The van der Waals surface area contributed by atoms with Gasteiger partial charge in [-0.25, -0.2) is 0 Å². The topological polar surface area (TPSA) is 61.1 Å². The molecule has 0 spiro atoms. The monoisotopic (exact) mass is 219 g/mol. The van der Waals surface area contributed by atoms with E-state index in [0.29, 0.717) is 16.1 Å². The number of nitriles is 1. The molecule has 0 saturated heterocycles. The van der Waals surface area contributed by atoms with E-state index in [1.54, 1.807) is 24.3 Å². The molecule has 1 aromatic rings. The zero-order valence-corrected chi connectivity index (χ0v) is 8.38. The predicted molar refractivity (Wildman–Crippen MR) is 55.3 cm³/mol. The highest BCUT2D eigenvalue weighted by Gasteiger charge is 2.05. The molecule has 0 atom stereocenters. The van der Waals surface area contributed by atoms with E-state index in [9.17, 15) is 4.79 Å². The summed E-state index contributed by atoms with van der Waals surface area (Å²) >= 11 is 5.73. The summed E-state index contributed by atoms with van der Waals surface area (Å²) in [7, 11) is 0. The average Bonchev–Trinajstić information content (AvgIpc) is 2.18. The minimum atomic E-state index is -0.947. The van der Waals surface area contributed by atoms with Crippen LogP contribution in [-0.2, 0) is 11.2 Å². The van der Waals surface area contributed by atoms with Gasteiger partial charge in [-0.1, -0.05) is 23.6 Å². The first-order chi connectivity index (χ1) is 7.13. The van der Waals surface area contributed by atoms with Crippen molar-refractivity contribution in [3.8, 4) is 17.9 Å². The molecular formula is C11H6ClNO2. The first-order valence-electron chi connectivity index (χ1n) is 4.04. The molecule has 0 aromatic heterocycles. The molecule has 0 aliphatic heterocycles. The van der Waals surface area contributed by atoms with E-state index in [4.69, 9.17) is 22.0 Å². The Kier molecular flexibility index (Phi) is 3.74. The molecule has 0 unspecified atom stereocenters. The number of carboxylic acid groups (broad SMARTS) is 1. The van der Waals surface area contributed by atoms with Gasteiger partial charge in [-0.3, -0.25) is 4.79 Å². The molecule has 3 nitrogen and oxygen atoms in total. The van der Waals surface area contributed by atoms with Gasteiger partial charge in [0.05, 0.1) is 6.42 Å². The Labute approximate surface area is 91.9 Å². The van der Waals surface area contributed by atoms with Crippen LogP contribution in [-0.4, -0.2) is 11.1 Å². The van der Waals surface area contributed by atoms with Gasteiger partial charge < -0.3 is 5.11 Å². The number of carboxylic acids is 1. The number of benzene rings is 1. The fraction of sp³-hybridized carbons (Fsp3) is 0.0909. The molecule has 0 saturated carbocycles. The molecule has 4 heteroatoms. The van der Waals surface area contributed by atoms with Gasteiger partial charge in [-0.05, 0) is 17.7 Å². The van der Waals surface area contributed by atoms with Crippen molar-refractivity contribution >= 4 is 17.6 Å². The molecular weight excluding hydrogens is 214 g/mol. The molecule has 0 aliphatic rings. The Hall–Kier alpha value is -1.97. The fourth-order valence-corrected chi connectivity index (χ4v) is 1.25. The van der Waals surface area contributed by atoms with E-state index in [2.05, 4.69) is 11.8 Å². The molecule has 15 heavy (non-hydrogen) atoms. The molecule has 1 N–H and O–H groups in total. The quantitative estimate of drug-likeness (QED) is 0.772. The van der Waals surface area contributed by atoms with E-state index in [1.807, 2.05) is 0 Å². The first-order valence-corrected chi connectivity index (χ1v) is 4.41. The molecule has 0 bridgehead atoms. The fourth-order valence-electron chi connectivity index (χ4n) is 1.08. The van der Waals surface area contributed by atoms with Crippen LogP contribution in [0.15, 0.2) is 18.2 Å². The molecule has 0 radical (unpaired) electrons. The lowest BCUT2D eigenvalue weighted by Crippen LogP contribution is -2.02. The van der Waals surface area contributed by atoms with Gasteiger partial charge in [-0.15, -0.1) is 0 Å². The van der Waals surface area contributed by atoms with Crippen molar-refractivity contribution in [3.05, 3.63) is 34.3 Å². The standard InChI is InChI=1S/C11H6ClNO2/c12-10-4-3-9(7-11(14)15)8(6-10)2-1-5-13/h3-4,6H,7H2,(H,14,15). The summed E-state index contributed by atoms with van der Waals surface area (Å²) in [4.78, 5) is 10.5. The average molecular weight is 220 g/mol. The number of nitrogens with zero attached hydrogens (tertiary/aromatic N) is 1. The second kappa shape index (κ2) is 5.05. The van der Waals surface area contributed by atoms with E-state index >= 15 is 0 Å². The van der Waals surface area contributed by atoms with Gasteiger partial charge in [0.25, 0.3) is 0 Å². The van der Waals surface area contributed by atoms with Crippen LogP contribution in [0.4, 0.5) is 0 Å². The van der Waals surface area contributed by atoms with Gasteiger partial charge in [0.2, 0.25) is 0 Å². The van der Waals surface area contributed by atoms with Gasteiger partial charge in [0.15, 0.2) is 6.07 Å². The van der Waals surface area contributed by atoms with Crippen molar-refractivity contribution in [2.75, 3.05) is 0 Å². The summed E-state index contributed by atoms with van der Waals surface area (Å²) in [5.74, 6) is 3.81. The number of hydrogen-bond acceptors (Lipinski definition) is 2. The van der Waals surface area contributed by atoms with Gasteiger partial charge in [0.1, 0.15) is 0 Å². The van der Waals surface area contributed by atoms with Crippen molar-refractivity contribution in [2.24, 2.45) is 0 Å². The highest BCUT2D eigenvalue weighted by Crippen LogP contribution is 2.15. The van der Waals surface area contributed by atoms with Gasteiger partial charge in [-0.2, -0.15) is 5.26 Å². The molecule has 0 fully saturated rings. The maximum absolute atomic E-state index is 10.5. The van der Waals surface area contributed by atoms with Crippen LogP contribution in [0.25, 0.3) is 0 Å². The molecule has 0 aliphatic carbocycles. The predicted octanol–water partition coefficient (Wildman–Crippen LogP) is 1.84. The summed E-state index contributed by atoms with van der Waals surface area (Å²) in [6.45, 7) is 0. The third-order valence-electron chi connectivity index (χ3n) is 1.67. The lowest BCUT2D eigenvalue weighted by molar-refractivity contribution is -0.136. The van der Waals surface area contributed by atoms with Gasteiger partial charge >= 0.3 is 5.97 Å². The summed E-state index contributed by atoms with van der Waals surface area (Å²) in [6, 6.07) is 6.40. The van der Waals surface area contributed by atoms with Gasteiger partial charge in [0, 0.05) is 16.5 Å². The normalized spacial score (nSPS) is 8.53. The Bertz CT molecular complexity index is 492. The minimum absolute atomic E-state index is 0.132. The van der Waals surface area contributed by atoms with Crippen LogP contribution in [0, 0.1) is 23.2 Å². The van der Waals surface area contributed by atoms with Crippen LogP contribution in [0.1, 0.15) is 11.1 Å². The van der Waals surface area contributed by atoms with Crippen molar-refractivity contribution in [1.82, 2.24) is 0 Å². The number of rotatable bonds is 2. The summed E-state index contributed by atoms with van der Waals surface area (Å²) in [6.07, 6.45) is -0.132. The molecule has 0 heterocycles. The van der Waals surface area contributed by atoms with E-state index in [1.165, 1.54) is 0 Å².